The van der Waals surface area contributed by atoms with Crippen LogP contribution in [0.25, 0.3) is 0 Å². The van der Waals surface area contributed by atoms with Gasteiger partial charge in [0.15, 0.2) is 5.79 Å². The molecule has 0 aromatic heterocycles. The van der Waals surface area contributed by atoms with Crippen LogP contribution in [0.4, 0.5) is 0 Å². The predicted molar refractivity (Wildman–Crippen MR) is 62.0 cm³/mol. The van der Waals surface area contributed by atoms with Crippen LogP contribution in [0.3, 0.4) is 0 Å². The third kappa shape index (κ3) is 2.08. The molecule has 0 unspecified atom stereocenters. The summed E-state index contributed by atoms with van der Waals surface area (Å²) in [5.41, 5.74) is 0. The zero-order valence-electron chi connectivity index (χ0n) is 9.60. The maximum Gasteiger partial charge on any atom is 0.169 e. The van der Waals surface area contributed by atoms with Crippen molar-refractivity contribution < 1.29 is 14.6 Å². The summed E-state index contributed by atoms with van der Waals surface area (Å²) in [6, 6.07) is 0. The number of hydrogen-bond donors (Lipinski definition) is 1. The van der Waals surface area contributed by atoms with Crippen LogP contribution in [0.2, 0.25) is 0 Å². The van der Waals surface area contributed by atoms with Gasteiger partial charge in [0, 0.05) is 12.8 Å². The van der Waals surface area contributed by atoms with E-state index in [1.807, 2.05) is 0 Å². The monoisotopic (exact) mass is 224 g/mol. The molecule has 0 aromatic carbocycles. The van der Waals surface area contributed by atoms with Crippen LogP contribution in [0.1, 0.15) is 32.1 Å². The van der Waals surface area contributed by atoms with E-state index in [1.165, 1.54) is 12.5 Å². The second-order valence-corrected chi connectivity index (χ2v) is 4.60. The van der Waals surface area contributed by atoms with Gasteiger partial charge in [-0.05, 0) is 12.8 Å². The van der Waals surface area contributed by atoms with Crippen molar-refractivity contribution in [3.8, 4) is 0 Å². The van der Waals surface area contributed by atoms with Gasteiger partial charge in [0.1, 0.15) is 18.3 Å². The maximum absolute atomic E-state index is 9.80. The van der Waals surface area contributed by atoms with Crippen molar-refractivity contribution in [1.29, 1.82) is 0 Å². The normalized spacial score (nSPS) is 34.8. The van der Waals surface area contributed by atoms with Gasteiger partial charge in [-0.2, -0.15) is 0 Å². The molecule has 2 rings (SSSR count). The smallest absolute Gasteiger partial charge is 0.169 e. The van der Waals surface area contributed by atoms with Gasteiger partial charge in [0.25, 0.3) is 0 Å². The SMILES string of the molecule is C=C[C@@H](O)[C@@H]1OC2(CCCCC2)O[C@@H]1C=C. The molecular formula is C13H20O3. The fourth-order valence-electron chi connectivity index (χ4n) is 2.56. The lowest BCUT2D eigenvalue weighted by Crippen LogP contribution is -2.35. The first-order chi connectivity index (χ1) is 7.71. The molecule has 3 heteroatoms. The first kappa shape index (κ1) is 11.8. The van der Waals surface area contributed by atoms with E-state index in [-0.39, 0.29) is 12.2 Å². The fourth-order valence-corrected chi connectivity index (χ4v) is 2.56. The Balaban J connectivity index is 2.10. The molecule has 1 spiro atoms. The minimum atomic E-state index is -0.690. The highest BCUT2D eigenvalue weighted by Crippen LogP contribution is 2.41. The van der Waals surface area contributed by atoms with Crippen molar-refractivity contribution in [2.24, 2.45) is 0 Å². The van der Waals surface area contributed by atoms with E-state index in [9.17, 15) is 5.11 Å². The average Bonchev–Trinajstić information content (AvgIpc) is 2.68. The molecule has 2 fully saturated rings. The summed E-state index contributed by atoms with van der Waals surface area (Å²) in [4.78, 5) is 0. The minimum absolute atomic E-state index is 0.230. The second-order valence-electron chi connectivity index (χ2n) is 4.60. The van der Waals surface area contributed by atoms with Crippen molar-refractivity contribution in [3.05, 3.63) is 25.3 Å². The van der Waals surface area contributed by atoms with Crippen LogP contribution >= 0.6 is 0 Å². The third-order valence-electron chi connectivity index (χ3n) is 3.45. The molecule has 3 nitrogen and oxygen atoms in total. The average molecular weight is 224 g/mol. The van der Waals surface area contributed by atoms with Crippen LogP contribution in [0, 0.1) is 0 Å². The number of aliphatic hydroxyl groups is 1. The standard InChI is InChI=1S/C13H20O3/c1-3-10(14)12-11(4-2)15-13(16-12)8-6-5-7-9-13/h3-4,10-12,14H,1-2,5-9H2/t10-,11-,12+/m1/s1. The van der Waals surface area contributed by atoms with E-state index in [1.54, 1.807) is 6.08 Å². The van der Waals surface area contributed by atoms with Crippen LogP contribution in [0.15, 0.2) is 25.3 Å². The molecule has 0 radical (unpaired) electrons. The zero-order valence-corrected chi connectivity index (χ0v) is 9.60. The van der Waals surface area contributed by atoms with Gasteiger partial charge in [-0.25, -0.2) is 0 Å². The van der Waals surface area contributed by atoms with Gasteiger partial charge >= 0.3 is 0 Å². The molecule has 2 aliphatic rings. The molecule has 0 aromatic rings. The van der Waals surface area contributed by atoms with Crippen molar-refractivity contribution in [2.45, 2.75) is 56.2 Å². The second kappa shape index (κ2) is 4.70. The Labute approximate surface area is 96.7 Å². The molecule has 1 aliphatic carbocycles. The number of aliphatic hydroxyl groups excluding tert-OH is 1. The van der Waals surface area contributed by atoms with Gasteiger partial charge in [0.2, 0.25) is 0 Å². The van der Waals surface area contributed by atoms with Crippen LogP contribution < -0.4 is 0 Å². The van der Waals surface area contributed by atoms with E-state index in [4.69, 9.17) is 9.47 Å². The Morgan fingerprint density at radius 2 is 1.88 bits per heavy atom. The summed E-state index contributed by atoms with van der Waals surface area (Å²) in [6.45, 7) is 7.32. The topological polar surface area (TPSA) is 38.7 Å². The van der Waals surface area contributed by atoms with Gasteiger partial charge in [-0.15, -0.1) is 13.2 Å². The van der Waals surface area contributed by atoms with Gasteiger partial charge in [-0.3, -0.25) is 0 Å². The molecule has 1 aliphatic heterocycles. The Morgan fingerprint density at radius 3 is 2.44 bits per heavy atom. The van der Waals surface area contributed by atoms with Crippen molar-refractivity contribution >= 4 is 0 Å². The summed E-state index contributed by atoms with van der Waals surface area (Å²) in [7, 11) is 0. The molecule has 1 heterocycles. The molecular weight excluding hydrogens is 204 g/mol. The van der Waals surface area contributed by atoms with Crippen molar-refractivity contribution in [2.75, 3.05) is 0 Å². The van der Waals surface area contributed by atoms with Gasteiger partial charge in [-0.1, -0.05) is 18.6 Å². The van der Waals surface area contributed by atoms with Crippen molar-refractivity contribution in [1.82, 2.24) is 0 Å². The Morgan fingerprint density at radius 1 is 1.19 bits per heavy atom. The molecule has 1 saturated heterocycles. The van der Waals surface area contributed by atoms with E-state index in [0.29, 0.717) is 0 Å². The molecule has 0 bridgehead atoms. The maximum atomic E-state index is 9.80. The molecule has 1 N–H and O–H groups in total. The van der Waals surface area contributed by atoms with E-state index in [0.717, 1.165) is 25.7 Å². The lowest BCUT2D eigenvalue weighted by atomic mass is 9.94. The highest BCUT2D eigenvalue weighted by molar-refractivity contribution is 5.02. The van der Waals surface area contributed by atoms with E-state index in [2.05, 4.69) is 13.2 Å². The lowest BCUT2D eigenvalue weighted by Gasteiger charge is -2.32. The van der Waals surface area contributed by atoms with E-state index < -0.39 is 11.9 Å². The highest BCUT2D eigenvalue weighted by atomic mass is 16.8. The van der Waals surface area contributed by atoms with Gasteiger partial charge < -0.3 is 14.6 Å². The summed E-state index contributed by atoms with van der Waals surface area (Å²) >= 11 is 0. The highest BCUT2D eigenvalue weighted by Gasteiger charge is 2.48. The number of hydrogen-bond acceptors (Lipinski definition) is 3. The molecule has 0 amide bonds. The summed E-state index contributed by atoms with van der Waals surface area (Å²) in [5, 5.41) is 9.80. The van der Waals surface area contributed by atoms with Crippen LogP contribution in [-0.4, -0.2) is 29.2 Å². The summed E-state index contributed by atoms with van der Waals surface area (Å²) in [6.07, 6.45) is 7.25. The molecule has 16 heavy (non-hydrogen) atoms. The third-order valence-corrected chi connectivity index (χ3v) is 3.45. The zero-order chi connectivity index (χ0) is 11.6. The Hall–Kier alpha value is -0.640. The molecule has 90 valence electrons. The van der Waals surface area contributed by atoms with Crippen LogP contribution in [0.5, 0.6) is 0 Å². The summed E-state index contributed by atoms with van der Waals surface area (Å²) in [5.74, 6) is -0.480. The van der Waals surface area contributed by atoms with Crippen molar-refractivity contribution in [3.63, 3.8) is 0 Å². The summed E-state index contributed by atoms with van der Waals surface area (Å²) < 4.78 is 11.9. The first-order valence-corrected chi connectivity index (χ1v) is 5.99. The first-order valence-electron chi connectivity index (χ1n) is 5.99. The number of ether oxygens (including phenoxy) is 2. The lowest BCUT2D eigenvalue weighted by molar-refractivity contribution is -0.196. The predicted octanol–water partition coefficient (Wildman–Crippen LogP) is 2.16. The quantitative estimate of drug-likeness (QED) is 0.747. The molecule has 1 saturated carbocycles. The van der Waals surface area contributed by atoms with E-state index >= 15 is 0 Å². The Bertz CT molecular complexity index is 268. The van der Waals surface area contributed by atoms with Gasteiger partial charge in [0.05, 0.1) is 0 Å². The largest absolute Gasteiger partial charge is 0.386 e. The van der Waals surface area contributed by atoms with Crippen LogP contribution in [-0.2, 0) is 9.47 Å². The fraction of sp³-hybridized carbons (Fsp3) is 0.692. The minimum Gasteiger partial charge on any atom is -0.386 e. The molecule has 3 atom stereocenters. The Kier molecular flexibility index (Phi) is 3.47. The number of rotatable bonds is 3.